The van der Waals surface area contributed by atoms with Gasteiger partial charge in [-0.05, 0) is 39.0 Å². The molecule has 1 saturated carbocycles. The monoisotopic (exact) mass is 240 g/mol. The Hall–Kier alpha value is -0.370. The molecule has 0 bridgehead atoms. The molecule has 1 fully saturated rings. The van der Waals surface area contributed by atoms with Crippen LogP contribution >= 0.6 is 0 Å². The Kier molecular flexibility index (Phi) is 6.79. The number of ketones is 1. The second-order valence-electron chi connectivity index (χ2n) is 5.22. The van der Waals surface area contributed by atoms with Gasteiger partial charge in [0.25, 0.3) is 0 Å². The molecule has 0 unspecified atom stereocenters. The lowest BCUT2D eigenvalue weighted by Crippen LogP contribution is -2.38. The minimum atomic E-state index is -0.389. The van der Waals surface area contributed by atoms with Crippen molar-refractivity contribution in [3.8, 4) is 0 Å². The summed E-state index contributed by atoms with van der Waals surface area (Å²) in [5.41, 5.74) is -0.389. The molecule has 0 radical (unpaired) electrons. The van der Waals surface area contributed by atoms with Gasteiger partial charge in [-0.15, -0.1) is 0 Å². The third kappa shape index (κ3) is 4.42. The molecule has 100 valence electrons. The summed E-state index contributed by atoms with van der Waals surface area (Å²) < 4.78 is 5.78. The Bertz CT molecular complexity index is 217. The summed E-state index contributed by atoms with van der Waals surface area (Å²) >= 11 is 0. The third-order valence-corrected chi connectivity index (χ3v) is 3.85. The molecular formula is C15H28O2. The average Bonchev–Trinajstić information content (AvgIpc) is 2.79. The van der Waals surface area contributed by atoms with Gasteiger partial charge < -0.3 is 4.74 Å². The number of rotatable bonds is 9. The van der Waals surface area contributed by atoms with Crippen molar-refractivity contribution < 1.29 is 9.53 Å². The van der Waals surface area contributed by atoms with Crippen LogP contribution < -0.4 is 0 Å². The number of carbonyl (C=O) groups is 1. The van der Waals surface area contributed by atoms with Crippen LogP contribution in [0.1, 0.15) is 78.1 Å². The fraction of sp³-hybridized carbons (Fsp3) is 0.933. The zero-order chi connectivity index (χ0) is 12.6. The molecule has 0 aromatic carbocycles. The molecule has 0 saturated heterocycles. The molecule has 0 aromatic rings. The van der Waals surface area contributed by atoms with E-state index in [0.717, 1.165) is 38.5 Å². The lowest BCUT2D eigenvalue weighted by molar-refractivity contribution is -0.143. The molecule has 1 aliphatic rings. The predicted octanol–water partition coefficient (Wildman–Crippen LogP) is 4.27. The Morgan fingerprint density at radius 1 is 1.06 bits per heavy atom. The largest absolute Gasteiger partial charge is 0.368 e. The first-order valence-electron chi connectivity index (χ1n) is 7.42. The second kappa shape index (κ2) is 7.86. The van der Waals surface area contributed by atoms with Gasteiger partial charge in [0.05, 0.1) is 0 Å². The average molecular weight is 240 g/mol. The van der Waals surface area contributed by atoms with Gasteiger partial charge >= 0.3 is 0 Å². The van der Waals surface area contributed by atoms with Gasteiger partial charge in [-0.1, -0.05) is 32.6 Å². The standard InChI is InChI=1S/C15H28O2/c1-3-5-6-7-8-11-14(16)15(17-4-2)12-9-10-13-15/h3-13H2,1-2H3. The van der Waals surface area contributed by atoms with Crippen molar-refractivity contribution in [3.05, 3.63) is 0 Å². The van der Waals surface area contributed by atoms with E-state index in [-0.39, 0.29) is 5.60 Å². The molecular weight excluding hydrogens is 212 g/mol. The van der Waals surface area contributed by atoms with E-state index in [2.05, 4.69) is 6.92 Å². The molecule has 0 N–H and O–H groups in total. The Morgan fingerprint density at radius 2 is 1.71 bits per heavy atom. The molecule has 2 nitrogen and oxygen atoms in total. The van der Waals surface area contributed by atoms with Crippen LogP contribution in [0, 0.1) is 0 Å². The number of Topliss-reactive ketones (excluding diaryl/α,β-unsaturated/α-hetero) is 1. The van der Waals surface area contributed by atoms with E-state index in [0.29, 0.717) is 12.4 Å². The van der Waals surface area contributed by atoms with Crippen molar-refractivity contribution in [1.82, 2.24) is 0 Å². The first kappa shape index (κ1) is 14.7. The SMILES string of the molecule is CCCCCCCC(=O)C1(OCC)CCCC1. The summed E-state index contributed by atoms with van der Waals surface area (Å²) in [6, 6.07) is 0. The highest BCUT2D eigenvalue weighted by Gasteiger charge is 2.40. The molecule has 1 aliphatic carbocycles. The predicted molar refractivity (Wildman–Crippen MR) is 71.2 cm³/mol. The Labute approximate surface area is 106 Å². The van der Waals surface area contributed by atoms with Crippen molar-refractivity contribution in [2.24, 2.45) is 0 Å². The molecule has 1 rings (SSSR count). The second-order valence-corrected chi connectivity index (χ2v) is 5.22. The van der Waals surface area contributed by atoms with Crippen LogP contribution in [-0.4, -0.2) is 18.0 Å². The number of hydrogen-bond acceptors (Lipinski definition) is 2. The van der Waals surface area contributed by atoms with Gasteiger partial charge in [0, 0.05) is 13.0 Å². The molecule has 0 heterocycles. The van der Waals surface area contributed by atoms with Crippen molar-refractivity contribution in [2.75, 3.05) is 6.61 Å². The van der Waals surface area contributed by atoms with Gasteiger partial charge in [-0.2, -0.15) is 0 Å². The highest BCUT2D eigenvalue weighted by atomic mass is 16.5. The molecule has 2 heteroatoms. The van der Waals surface area contributed by atoms with Crippen molar-refractivity contribution in [2.45, 2.75) is 83.7 Å². The van der Waals surface area contributed by atoms with Crippen molar-refractivity contribution >= 4 is 5.78 Å². The van der Waals surface area contributed by atoms with Crippen LogP contribution in [0.15, 0.2) is 0 Å². The lowest BCUT2D eigenvalue weighted by atomic mass is 9.92. The zero-order valence-electron chi connectivity index (χ0n) is 11.6. The molecule has 0 aliphatic heterocycles. The quantitative estimate of drug-likeness (QED) is 0.563. The zero-order valence-corrected chi connectivity index (χ0v) is 11.6. The fourth-order valence-electron chi connectivity index (χ4n) is 2.84. The maximum atomic E-state index is 12.3. The van der Waals surface area contributed by atoms with E-state index in [9.17, 15) is 4.79 Å². The normalized spacial score (nSPS) is 18.5. The van der Waals surface area contributed by atoms with Gasteiger partial charge in [0.1, 0.15) is 5.60 Å². The highest BCUT2D eigenvalue weighted by Crippen LogP contribution is 2.35. The van der Waals surface area contributed by atoms with Crippen LogP contribution in [0.2, 0.25) is 0 Å². The van der Waals surface area contributed by atoms with E-state index in [1.165, 1.54) is 25.7 Å². The van der Waals surface area contributed by atoms with Gasteiger partial charge in [0.2, 0.25) is 0 Å². The first-order chi connectivity index (χ1) is 8.25. The summed E-state index contributed by atoms with van der Waals surface area (Å²) in [7, 11) is 0. The molecule has 0 atom stereocenters. The van der Waals surface area contributed by atoms with E-state index in [1.807, 2.05) is 6.92 Å². The van der Waals surface area contributed by atoms with Crippen LogP contribution in [0.5, 0.6) is 0 Å². The maximum absolute atomic E-state index is 12.3. The molecule has 0 aromatic heterocycles. The van der Waals surface area contributed by atoms with E-state index in [4.69, 9.17) is 4.74 Å². The fourth-order valence-corrected chi connectivity index (χ4v) is 2.84. The number of carbonyl (C=O) groups excluding carboxylic acids is 1. The van der Waals surface area contributed by atoms with Crippen molar-refractivity contribution in [3.63, 3.8) is 0 Å². The van der Waals surface area contributed by atoms with Gasteiger partial charge in [-0.3, -0.25) is 4.79 Å². The van der Waals surface area contributed by atoms with E-state index in [1.54, 1.807) is 0 Å². The maximum Gasteiger partial charge on any atom is 0.164 e. The van der Waals surface area contributed by atoms with Gasteiger partial charge in [-0.25, -0.2) is 0 Å². The smallest absolute Gasteiger partial charge is 0.164 e. The summed E-state index contributed by atoms with van der Waals surface area (Å²) in [4.78, 5) is 12.3. The van der Waals surface area contributed by atoms with Crippen LogP contribution in [-0.2, 0) is 9.53 Å². The number of ether oxygens (including phenoxy) is 1. The third-order valence-electron chi connectivity index (χ3n) is 3.85. The Morgan fingerprint density at radius 3 is 2.29 bits per heavy atom. The van der Waals surface area contributed by atoms with Crippen LogP contribution in [0.4, 0.5) is 0 Å². The number of unbranched alkanes of at least 4 members (excludes halogenated alkanes) is 4. The molecule has 0 spiro atoms. The topological polar surface area (TPSA) is 26.3 Å². The van der Waals surface area contributed by atoms with Gasteiger partial charge in [0.15, 0.2) is 5.78 Å². The van der Waals surface area contributed by atoms with Crippen LogP contribution in [0.25, 0.3) is 0 Å². The first-order valence-corrected chi connectivity index (χ1v) is 7.42. The summed E-state index contributed by atoms with van der Waals surface area (Å²) in [5.74, 6) is 0.369. The van der Waals surface area contributed by atoms with E-state index < -0.39 is 0 Å². The highest BCUT2D eigenvalue weighted by molar-refractivity contribution is 5.87. The summed E-state index contributed by atoms with van der Waals surface area (Å²) in [6.07, 6.45) is 11.0. The van der Waals surface area contributed by atoms with Crippen molar-refractivity contribution in [1.29, 1.82) is 0 Å². The number of hydrogen-bond donors (Lipinski definition) is 0. The Balaban J connectivity index is 2.28. The van der Waals surface area contributed by atoms with E-state index >= 15 is 0 Å². The summed E-state index contributed by atoms with van der Waals surface area (Å²) in [6.45, 7) is 4.88. The minimum absolute atomic E-state index is 0.369. The molecule has 0 amide bonds. The molecule has 17 heavy (non-hydrogen) atoms. The lowest BCUT2D eigenvalue weighted by Gasteiger charge is -2.27. The summed E-state index contributed by atoms with van der Waals surface area (Å²) in [5, 5.41) is 0. The minimum Gasteiger partial charge on any atom is -0.368 e. The van der Waals surface area contributed by atoms with Crippen LogP contribution in [0.3, 0.4) is 0 Å².